The Hall–Kier alpha value is -1.93. The summed E-state index contributed by atoms with van der Waals surface area (Å²) in [5, 5.41) is 8.82. The summed E-state index contributed by atoms with van der Waals surface area (Å²) in [6.07, 6.45) is 1.82. The lowest BCUT2D eigenvalue weighted by molar-refractivity contribution is -0.156. The van der Waals surface area contributed by atoms with Crippen LogP contribution >= 0.6 is 0 Å². The summed E-state index contributed by atoms with van der Waals surface area (Å²) in [7, 11) is -2.39. The first-order valence-electron chi connectivity index (χ1n) is 7.16. The Morgan fingerprint density at radius 3 is 2.30 bits per heavy atom. The van der Waals surface area contributed by atoms with Crippen LogP contribution in [0.5, 0.6) is 0 Å². The number of sulfonamides is 1. The minimum Gasteiger partial charge on any atom is -0.478 e. The standard InChI is InChI=1S/C15H19NO6S/c1-22-14(19)15(7-2-8-15)10-23(20,21)16-9-11-3-5-12(6-4-11)13(17)18/h3-6,16H,2,7-10H2,1H3,(H,17,18). The van der Waals surface area contributed by atoms with Crippen LogP contribution in [0.2, 0.25) is 0 Å². The minimum absolute atomic E-state index is 0.0412. The quantitative estimate of drug-likeness (QED) is 0.720. The third kappa shape index (κ3) is 4.08. The van der Waals surface area contributed by atoms with E-state index in [0.29, 0.717) is 18.4 Å². The molecule has 0 saturated heterocycles. The molecule has 126 valence electrons. The van der Waals surface area contributed by atoms with Crippen LogP contribution in [0.3, 0.4) is 0 Å². The molecule has 1 aromatic carbocycles. The Bertz CT molecular complexity index is 691. The fraction of sp³-hybridized carbons (Fsp3) is 0.467. The van der Waals surface area contributed by atoms with Crippen molar-refractivity contribution in [1.82, 2.24) is 4.72 Å². The van der Waals surface area contributed by atoms with Gasteiger partial charge in [-0.05, 0) is 30.5 Å². The minimum atomic E-state index is -3.65. The normalized spacial score (nSPS) is 16.4. The number of carboxylic acid groups (broad SMARTS) is 1. The second-order valence-electron chi connectivity index (χ2n) is 5.71. The predicted molar refractivity (Wildman–Crippen MR) is 82.3 cm³/mol. The zero-order valence-electron chi connectivity index (χ0n) is 12.7. The number of nitrogens with one attached hydrogen (secondary N) is 1. The first-order chi connectivity index (χ1) is 10.8. The molecule has 0 radical (unpaired) electrons. The Balaban J connectivity index is 1.98. The monoisotopic (exact) mass is 341 g/mol. The molecule has 0 unspecified atom stereocenters. The van der Waals surface area contributed by atoms with E-state index in [4.69, 9.17) is 9.84 Å². The van der Waals surface area contributed by atoms with Gasteiger partial charge >= 0.3 is 11.9 Å². The van der Waals surface area contributed by atoms with Crippen LogP contribution in [0.15, 0.2) is 24.3 Å². The van der Waals surface area contributed by atoms with Crippen molar-refractivity contribution in [1.29, 1.82) is 0 Å². The molecule has 1 aliphatic rings. The molecule has 0 atom stereocenters. The molecule has 7 nitrogen and oxygen atoms in total. The molecule has 0 aliphatic heterocycles. The predicted octanol–water partition coefficient (Wildman–Crippen LogP) is 1.15. The molecule has 0 heterocycles. The number of carbonyl (C=O) groups is 2. The highest BCUT2D eigenvalue weighted by atomic mass is 32.2. The highest BCUT2D eigenvalue weighted by Crippen LogP contribution is 2.43. The second-order valence-corrected chi connectivity index (χ2v) is 7.51. The number of hydrogen-bond donors (Lipinski definition) is 2. The number of benzene rings is 1. The molecular weight excluding hydrogens is 322 g/mol. The fourth-order valence-electron chi connectivity index (χ4n) is 2.60. The third-order valence-corrected chi connectivity index (χ3v) is 5.61. The number of ether oxygens (including phenoxy) is 1. The smallest absolute Gasteiger partial charge is 0.335 e. The van der Waals surface area contributed by atoms with Crippen molar-refractivity contribution in [2.24, 2.45) is 5.41 Å². The zero-order chi connectivity index (χ0) is 17.1. The van der Waals surface area contributed by atoms with Crippen molar-refractivity contribution < 1.29 is 27.9 Å². The first kappa shape index (κ1) is 17.4. The van der Waals surface area contributed by atoms with Crippen LogP contribution < -0.4 is 4.72 Å². The van der Waals surface area contributed by atoms with Gasteiger partial charge in [0.2, 0.25) is 10.0 Å². The summed E-state index contributed by atoms with van der Waals surface area (Å²) < 4.78 is 31.5. The summed E-state index contributed by atoms with van der Waals surface area (Å²) in [5.41, 5.74) is -0.164. The van der Waals surface area contributed by atoms with Gasteiger partial charge in [0.1, 0.15) is 0 Å². The largest absolute Gasteiger partial charge is 0.478 e. The van der Waals surface area contributed by atoms with Gasteiger partial charge in [-0.2, -0.15) is 0 Å². The summed E-state index contributed by atoms with van der Waals surface area (Å²) >= 11 is 0. The van der Waals surface area contributed by atoms with Crippen LogP contribution in [0, 0.1) is 5.41 Å². The van der Waals surface area contributed by atoms with Gasteiger partial charge in [0, 0.05) is 6.54 Å². The van der Waals surface area contributed by atoms with E-state index < -0.39 is 27.4 Å². The lowest BCUT2D eigenvalue weighted by Crippen LogP contribution is -2.47. The average Bonchev–Trinajstić information content (AvgIpc) is 2.48. The van der Waals surface area contributed by atoms with E-state index in [1.807, 2.05) is 0 Å². The Morgan fingerprint density at radius 1 is 1.26 bits per heavy atom. The molecule has 0 spiro atoms. The van der Waals surface area contributed by atoms with E-state index in [1.54, 1.807) is 12.1 Å². The molecule has 0 aromatic heterocycles. The SMILES string of the molecule is COC(=O)C1(CS(=O)(=O)NCc2ccc(C(=O)O)cc2)CCC1. The number of carboxylic acids is 1. The van der Waals surface area contributed by atoms with E-state index in [1.165, 1.54) is 19.2 Å². The van der Waals surface area contributed by atoms with Gasteiger partial charge in [0.25, 0.3) is 0 Å². The summed E-state index contributed by atoms with van der Waals surface area (Å²) in [4.78, 5) is 22.6. The van der Waals surface area contributed by atoms with Crippen molar-refractivity contribution in [3.63, 3.8) is 0 Å². The summed E-state index contributed by atoms with van der Waals surface area (Å²) in [6.45, 7) is 0.0412. The molecule has 2 N–H and O–H groups in total. The molecule has 8 heteroatoms. The van der Waals surface area contributed by atoms with Gasteiger partial charge in [0.15, 0.2) is 0 Å². The van der Waals surface area contributed by atoms with Crippen LogP contribution in [0.1, 0.15) is 35.2 Å². The number of aromatic carboxylic acids is 1. The number of hydrogen-bond acceptors (Lipinski definition) is 5. The molecule has 1 aromatic rings. The number of methoxy groups -OCH3 is 1. The highest BCUT2D eigenvalue weighted by Gasteiger charge is 2.48. The molecule has 2 rings (SSSR count). The fourth-order valence-corrected chi connectivity index (χ4v) is 4.22. The molecule has 0 amide bonds. The summed E-state index contributed by atoms with van der Waals surface area (Å²) in [6, 6.07) is 5.92. The molecule has 1 fully saturated rings. The number of esters is 1. The highest BCUT2D eigenvalue weighted by molar-refractivity contribution is 7.89. The van der Waals surface area contributed by atoms with Crippen LogP contribution in [0.4, 0.5) is 0 Å². The molecule has 23 heavy (non-hydrogen) atoms. The van der Waals surface area contributed by atoms with E-state index in [-0.39, 0.29) is 17.9 Å². The average molecular weight is 341 g/mol. The number of carbonyl (C=O) groups excluding carboxylic acids is 1. The lowest BCUT2D eigenvalue weighted by Gasteiger charge is -2.38. The molecule has 1 saturated carbocycles. The topological polar surface area (TPSA) is 110 Å². The third-order valence-electron chi connectivity index (χ3n) is 4.09. The van der Waals surface area contributed by atoms with E-state index >= 15 is 0 Å². The maximum Gasteiger partial charge on any atom is 0.335 e. The van der Waals surface area contributed by atoms with Crippen LogP contribution in [0.25, 0.3) is 0 Å². The Morgan fingerprint density at radius 2 is 1.87 bits per heavy atom. The molecule has 0 bridgehead atoms. The van der Waals surface area contributed by atoms with Gasteiger partial charge in [-0.1, -0.05) is 18.6 Å². The maximum atomic E-state index is 12.2. The number of rotatable bonds is 7. The Kier molecular flexibility index (Phi) is 5.06. The molecular formula is C15H19NO6S. The van der Waals surface area contributed by atoms with Crippen LogP contribution in [-0.2, 0) is 26.1 Å². The second kappa shape index (κ2) is 6.67. The molecule has 1 aliphatic carbocycles. The lowest BCUT2D eigenvalue weighted by atomic mass is 9.70. The summed E-state index contributed by atoms with van der Waals surface area (Å²) in [5.74, 6) is -1.82. The van der Waals surface area contributed by atoms with Gasteiger partial charge in [-0.25, -0.2) is 17.9 Å². The van der Waals surface area contributed by atoms with Crippen molar-refractivity contribution >= 4 is 22.0 Å². The van der Waals surface area contributed by atoms with Crippen molar-refractivity contribution in [3.8, 4) is 0 Å². The van der Waals surface area contributed by atoms with Gasteiger partial charge < -0.3 is 9.84 Å². The van der Waals surface area contributed by atoms with E-state index in [2.05, 4.69) is 4.72 Å². The Labute approximate surface area is 134 Å². The van der Waals surface area contributed by atoms with Gasteiger partial charge in [-0.15, -0.1) is 0 Å². The van der Waals surface area contributed by atoms with Crippen molar-refractivity contribution in [2.45, 2.75) is 25.8 Å². The van der Waals surface area contributed by atoms with Gasteiger partial charge in [0.05, 0.1) is 23.8 Å². The maximum absolute atomic E-state index is 12.2. The van der Waals surface area contributed by atoms with Crippen LogP contribution in [-0.4, -0.2) is 38.3 Å². The van der Waals surface area contributed by atoms with E-state index in [9.17, 15) is 18.0 Å². The zero-order valence-corrected chi connectivity index (χ0v) is 13.6. The van der Waals surface area contributed by atoms with Crippen molar-refractivity contribution in [3.05, 3.63) is 35.4 Å². The van der Waals surface area contributed by atoms with Gasteiger partial charge in [-0.3, -0.25) is 4.79 Å². The van der Waals surface area contributed by atoms with Crippen molar-refractivity contribution in [2.75, 3.05) is 12.9 Å². The van der Waals surface area contributed by atoms with E-state index in [0.717, 1.165) is 6.42 Å². The first-order valence-corrected chi connectivity index (χ1v) is 8.81.